The van der Waals surface area contributed by atoms with Crippen molar-refractivity contribution in [2.75, 3.05) is 11.9 Å². The maximum atomic E-state index is 13.2. The zero-order chi connectivity index (χ0) is 21.8. The molecule has 1 saturated heterocycles. The first-order chi connectivity index (χ1) is 14.2. The Hall–Kier alpha value is -3.11. The summed E-state index contributed by atoms with van der Waals surface area (Å²) in [6.07, 6.45) is -0.543. The Morgan fingerprint density at radius 2 is 1.77 bits per heavy atom. The van der Waals surface area contributed by atoms with Crippen LogP contribution in [-0.2, 0) is 25.4 Å². The van der Waals surface area contributed by atoms with Gasteiger partial charge in [0.15, 0.2) is 11.1 Å². The van der Waals surface area contributed by atoms with E-state index in [1.165, 1.54) is 48.2 Å². The number of rotatable bonds is 5. The molecule has 3 rings (SSSR count). The maximum Gasteiger partial charge on any atom is 0.302 e. The molecule has 158 valence electrons. The summed E-state index contributed by atoms with van der Waals surface area (Å²) < 4.78 is 38.5. The van der Waals surface area contributed by atoms with Crippen LogP contribution in [0.1, 0.15) is 23.7 Å². The number of nitrogens with zero attached hydrogens (tertiary/aromatic N) is 1. The average molecular weight is 434 g/mol. The molecule has 0 radical (unpaired) electrons. The molecule has 1 aliphatic rings. The van der Waals surface area contributed by atoms with Crippen molar-refractivity contribution in [2.24, 2.45) is 0 Å². The van der Waals surface area contributed by atoms with Crippen LogP contribution in [0.4, 0.5) is 10.1 Å². The lowest BCUT2D eigenvalue weighted by molar-refractivity contribution is -0.145. The second-order valence-electron chi connectivity index (χ2n) is 6.71. The summed E-state index contributed by atoms with van der Waals surface area (Å²) >= 11 is -2.14. The molecule has 1 heterocycles. The summed E-state index contributed by atoms with van der Waals surface area (Å²) in [7, 11) is 0. The number of carbonyl (C=O) groups excluding carboxylic acids is 3. The lowest BCUT2D eigenvalue weighted by Crippen LogP contribution is -2.43. The van der Waals surface area contributed by atoms with E-state index in [0.29, 0.717) is 5.69 Å². The van der Waals surface area contributed by atoms with Gasteiger partial charge in [-0.1, -0.05) is 0 Å². The Morgan fingerprint density at radius 3 is 2.33 bits per heavy atom. The highest BCUT2D eigenvalue weighted by atomic mass is 32.2. The Bertz CT molecular complexity index is 980. The largest absolute Gasteiger partial charge is 0.461 e. The van der Waals surface area contributed by atoms with E-state index in [1.807, 2.05) is 0 Å². The number of hydrogen-bond donors (Lipinski definition) is 2. The smallest absolute Gasteiger partial charge is 0.302 e. The van der Waals surface area contributed by atoms with Gasteiger partial charge >= 0.3 is 5.97 Å². The van der Waals surface area contributed by atoms with Crippen molar-refractivity contribution < 1.29 is 32.3 Å². The number of carbonyl (C=O) groups is 3. The number of benzene rings is 2. The van der Waals surface area contributed by atoms with Crippen LogP contribution >= 0.6 is 0 Å². The molecule has 2 aromatic carbocycles. The highest BCUT2D eigenvalue weighted by Crippen LogP contribution is 2.25. The molecule has 0 saturated carbocycles. The van der Waals surface area contributed by atoms with E-state index in [0.717, 1.165) is 12.1 Å². The number of ether oxygens (including phenoxy) is 1. The molecule has 0 aliphatic carbocycles. The van der Waals surface area contributed by atoms with Crippen LogP contribution in [0, 0.1) is 5.82 Å². The third kappa shape index (κ3) is 5.08. The van der Waals surface area contributed by atoms with Gasteiger partial charge in [-0.05, 0) is 48.5 Å². The van der Waals surface area contributed by atoms with Crippen molar-refractivity contribution >= 4 is 34.6 Å². The number of esters is 1. The molecule has 10 heteroatoms. The van der Waals surface area contributed by atoms with Crippen LogP contribution in [0.2, 0.25) is 0 Å². The van der Waals surface area contributed by atoms with E-state index >= 15 is 0 Å². The fourth-order valence-corrected chi connectivity index (χ4v) is 3.60. The van der Waals surface area contributed by atoms with Crippen molar-refractivity contribution in [2.45, 2.75) is 30.4 Å². The molecular formula is C20H19FN2O6S. The second kappa shape index (κ2) is 9.14. The van der Waals surface area contributed by atoms with E-state index in [4.69, 9.17) is 9.29 Å². The quantitative estimate of drug-likeness (QED) is 0.551. The van der Waals surface area contributed by atoms with Gasteiger partial charge in [0, 0.05) is 24.6 Å². The number of halogens is 1. The zero-order valence-electron chi connectivity index (χ0n) is 15.9. The summed E-state index contributed by atoms with van der Waals surface area (Å²) in [6.45, 7) is 1.27. The van der Waals surface area contributed by atoms with Gasteiger partial charge in [-0.15, -0.1) is 0 Å². The van der Waals surface area contributed by atoms with E-state index in [9.17, 15) is 23.0 Å². The van der Waals surface area contributed by atoms with Crippen molar-refractivity contribution in [1.29, 1.82) is 0 Å². The molecule has 0 aromatic heterocycles. The second-order valence-corrected chi connectivity index (χ2v) is 7.68. The van der Waals surface area contributed by atoms with E-state index in [-0.39, 0.29) is 23.4 Å². The summed E-state index contributed by atoms with van der Waals surface area (Å²) in [5, 5.41) is 2.66. The lowest BCUT2D eigenvalue weighted by Gasteiger charge is -2.23. The Morgan fingerprint density at radius 1 is 1.13 bits per heavy atom. The average Bonchev–Trinajstić information content (AvgIpc) is 3.11. The first kappa shape index (κ1) is 21.6. The number of hydrogen-bond acceptors (Lipinski definition) is 5. The van der Waals surface area contributed by atoms with Crippen LogP contribution in [0.25, 0.3) is 0 Å². The third-order valence-electron chi connectivity index (χ3n) is 4.57. The van der Waals surface area contributed by atoms with Gasteiger partial charge in [0.1, 0.15) is 18.0 Å². The maximum absolute atomic E-state index is 13.2. The first-order valence-corrected chi connectivity index (χ1v) is 10.1. The van der Waals surface area contributed by atoms with E-state index < -0.39 is 46.8 Å². The number of amides is 2. The van der Waals surface area contributed by atoms with Crippen LogP contribution in [0.3, 0.4) is 0 Å². The highest BCUT2D eigenvalue weighted by molar-refractivity contribution is 7.79. The molecule has 0 spiro atoms. The third-order valence-corrected chi connectivity index (χ3v) is 5.25. The van der Waals surface area contributed by atoms with Crippen molar-refractivity contribution in [3.05, 3.63) is 59.9 Å². The molecule has 1 aliphatic heterocycles. The minimum Gasteiger partial charge on any atom is -0.461 e. The molecular weight excluding hydrogens is 415 g/mol. The molecule has 30 heavy (non-hydrogen) atoms. The first-order valence-electron chi connectivity index (χ1n) is 9.00. The Balaban J connectivity index is 1.79. The molecule has 1 unspecified atom stereocenters. The lowest BCUT2D eigenvalue weighted by atomic mass is 10.1. The molecule has 1 fully saturated rings. The van der Waals surface area contributed by atoms with Crippen molar-refractivity contribution in [3.8, 4) is 0 Å². The van der Waals surface area contributed by atoms with E-state index in [1.54, 1.807) is 0 Å². The van der Waals surface area contributed by atoms with Crippen LogP contribution in [0.5, 0.6) is 0 Å². The fraction of sp³-hybridized carbons (Fsp3) is 0.250. The van der Waals surface area contributed by atoms with Gasteiger partial charge in [0.05, 0.1) is 11.4 Å². The van der Waals surface area contributed by atoms with Gasteiger partial charge in [0.25, 0.3) is 5.91 Å². The monoisotopic (exact) mass is 434 g/mol. The van der Waals surface area contributed by atoms with E-state index in [2.05, 4.69) is 5.32 Å². The topological polar surface area (TPSA) is 113 Å². The van der Waals surface area contributed by atoms with Gasteiger partial charge < -0.3 is 19.5 Å². The van der Waals surface area contributed by atoms with Gasteiger partial charge in [0.2, 0.25) is 5.91 Å². The SMILES string of the molecule is CC(=O)O[C@H]1C[C@@H](C(=O)Nc2ccc(S(=O)O)cc2)N(C(=O)c2ccc(F)cc2)C1. The fourth-order valence-electron chi connectivity index (χ4n) is 3.23. The Kier molecular flexibility index (Phi) is 6.58. The van der Waals surface area contributed by atoms with Crippen molar-refractivity contribution in [1.82, 2.24) is 4.90 Å². The van der Waals surface area contributed by atoms with Crippen LogP contribution in [0.15, 0.2) is 53.4 Å². The number of likely N-dealkylation sites (tertiary alicyclic amines) is 1. The van der Waals surface area contributed by atoms with Gasteiger partial charge in [-0.25, -0.2) is 8.60 Å². The highest BCUT2D eigenvalue weighted by Gasteiger charge is 2.41. The summed E-state index contributed by atoms with van der Waals surface area (Å²) in [6, 6.07) is 9.73. The number of nitrogens with one attached hydrogen (secondary N) is 1. The predicted octanol–water partition coefficient (Wildman–Crippen LogP) is 2.19. The zero-order valence-corrected chi connectivity index (χ0v) is 16.7. The standard InChI is InChI=1S/C20H19FN2O6S/c1-12(24)29-16-10-18(19(25)22-15-6-8-17(9-7-15)30(27)28)23(11-16)20(26)13-2-4-14(21)5-3-13/h2-9,16,18H,10-11H2,1H3,(H,22,25)(H,27,28)/t16-,18-/m0/s1. The molecule has 2 N–H and O–H groups in total. The molecule has 3 atom stereocenters. The minimum absolute atomic E-state index is 0.0241. The summed E-state index contributed by atoms with van der Waals surface area (Å²) in [5.41, 5.74) is 0.576. The summed E-state index contributed by atoms with van der Waals surface area (Å²) in [4.78, 5) is 38.5. The number of anilines is 1. The molecule has 2 amide bonds. The van der Waals surface area contributed by atoms with Crippen LogP contribution < -0.4 is 5.32 Å². The molecule has 8 nitrogen and oxygen atoms in total. The predicted molar refractivity (Wildman–Crippen MR) is 106 cm³/mol. The van der Waals surface area contributed by atoms with Crippen LogP contribution in [-0.4, -0.2) is 50.1 Å². The molecule has 2 aromatic rings. The normalized spacial score (nSPS) is 19.2. The van der Waals surface area contributed by atoms with Crippen molar-refractivity contribution in [3.63, 3.8) is 0 Å². The van der Waals surface area contributed by atoms with Gasteiger partial charge in [-0.3, -0.25) is 14.4 Å². The minimum atomic E-state index is -2.14. The Labute approximate surface area is 174 Å². The molecule has 0 bridgehead atoms. The summed E-state index contributed by atoms with van der Waals surface area (Å²) in [5.74, 6) is -2.01. The van der Waals surface area contributed by atoms with Gasteiger partial charge in [-0.2, -0.15) is 0 Å².